The average molecular weight is 483 g/mol. The number of ether oxygens (including phenoxy) is 6. The molecule has 1 heterocycles. The van der Waals surface area contributed by atoms with Gasteiger partial charge in [0.15, 0.2) is 0 Å². The van der Waals surface area contributed by atoms with Gasteiger partial charge in [0.05, 0.1) is 91.7 Å². The Hall–Kier alpha value is 0.790. The van der Waals surface area contributed by atoms with Gasteiger partial charge in [-0.25, -0.2) is 0 Å². The Kier molecular flexibility index (Phi) is 22.8. The van der Waals surface area contributed by atoms with Gasteiger partial charge in [-0.2, -0.15) is 0 Å². The second-order valence-corrected chi connectivity index (χ2v) is 3.67. The molecule has 0 radical (unpaired) electrons. The van der Waals surface area contributed by atoms with E-state index in [1.165, 1.54) is 0 Å². The minimum absolute atomic E-state index is 0. The molecule has 1 aliphatic heterocycles. The minimum Gasteiger partial charge on any atom is -0.377 e. The van der Waals surface area contributed by atoms with E-state index in [2.05, 4.69) is 0 Å². The predicted molar refractivity (Wildman–Crippen MR) is 67.7 cm³/mol. The van der Waals surface area contributed by atoms with Gasteiger partial charge in [-0.15, -0.1) is 0 Å². The molecule has 0 aromatic heterocycles. The molecule has 8 heteroatoms. The van der Waals surface area contributed by atoms with E-state index in [0.717, 1.165) is 0 Å². The van der Waals surface area contributed by atoms with Crippen LogP contribution in [0, 0.1) is 12.4 Å². The molecule has 0 atom stereocenters. The molecular weight excluding hydrogens is 457 g/mol. The van der Waals surface area contributed by atoms with E-state index in [1.807, 2.05) is 0 Å². The van der Waals surface area contributed by atoms with Crippen molar-refractivity contribution in [3.8, 4) is 0 Å². The molecule has 6 nitrogen and oxygen atoms in total. The zero-order valence-electron chi connectivity index (χ0n) is 11.8. The van der Waals surface area contributed by atoms with E-state index < -0.39 is 0 Å². The van der Waals surface area contributed by atoms with Crippen molar-refractivity contribution in [1.29, 1.82) is 0 Å². The summed E-state index contributed by atoms with van der Waals surface area (Å²) in [5.41, 5.74) is 0. The quantitative estimate of drug-likeness (QED) is 0.467. The van der Waals surface area contributed by atoms with E-state index >= 15 is 0 Å². The maximum absolute atomic E-state index is 5.33. The fraction of sp³-hybridized carbons (Fsp3) is 1.00. The van der Waals surface area contributed by atoms with E-state index in [9.17, 15) is 0 Å². The Balaban J connectivity index is 0. The summed E-state index contributed by atoms with van der Waals surface area (Å²) in [7, 11) is 0. The molecule has 1 saturated heterocycles. The van der Waals surface area contributed by atoms with Gasteiger partial charge in [-0.1, -0.05) is 0 Å². The SMILES string of the molecule is C1COCCOCCOCCOCCOCCO1.[ClH2+].[Ta+5]. The van der Waals surface area contributed by atoms with Gasteiger partial charge < -0.3 is 28.4 Å². The standard InChI is InChI=1S/C12H24O6.ClH2.Ta/c1-2-14-5-6-16-9-10-18-12-11-17-8-7-15-4-3-13-1;;/h1-12H2;1H2;/q;+1;+5. The molecule has 0 N–H and O–H groups in total. The fourth-order valence-electron chi connectivity index (χ4n) is 1.32. The van der Waals surface area contributed by atoms with Gasteiger partial charge in [0.2, 0.25) is 0 Å². The van der Waals surface area contributed by atoms with Crippen molar-refractivity contribution < 1.29 is 63.2 Å². The maximum Gasteiger partial charge on any atom is 5.00 e. The molecule has 0 saturated carbocycles. The van der Waals surface area contributed by atoms with Crippen LogP contribution in [0.15, 0.2) is 0 Å². The Morgan fingerprint density at radius 2 is 0.400 bits per heavy atom. The van der Waals surface area contributed by atoms with Crippen molar-refractivity contribution in [2.45, 2.75) is 0 Å². The third-order valence-corrected chi connectivity index (χ3v) is 2.23. The summed E-state index contributed by atoms with van der Waals surface area (Å²) in [4.78, 5) is 0. The van der Waals surface area contributed by atoms with Gasteiger partial charge in [-0.3, -0.25) is 0 Å². The molecule has 0 aliphatic carbocycles. The monoisotopic (exact) mass is 482 g/mol. The number of rotatable bonds is 0. The number of hydrogen-bond donors (Lipinski definition) is 0. The van der Waals surface area contributed by atoms with Crippen LogP contribution in [0.5, 0.6) is 0 Å². The van der Waals surface area contributed by atoms with Crippen molar-refractivity contribution in [3.05, 3.63) is 0 Å². The van der Waals surface area contributed by atoms with Crippen molar-refractivity contribution in [2.24, 2.45) is 0 Å². The summed E-state index contributed by atoms with van der Waals surface area (Å²) in [6.45, 7) is 7.04. The first-order valence-corrected chi connectivity index (χ1v) is 6.46. The fourth-order valence-corrected chi connectivity index (χ4v) is 1.32. The molecule has 0 bridgehead atoms. The van der Waals surface area contributed by atoms with E-state index in [1.54, 1.807) is 0 Å². The largest absolute Gasteiger partial charge is 5.00 e. The van der Waals surface area contributed by atoms with Crippen LogP contribution in [0.2, 0.25) is 0 Å². The van der Waals surface area contributed by atoms with Crippen LogP contribution in [0.4, 0.5) is 0 Å². The van der Waals surface area contributed by atoms with Crippen LogP contribution < -0.4 is 0 Å². The molecule has 1 aliphatic rings. The Labute approximate surface area is 142 Å². The molecule has 0 unspecified atom stereocenters. The van der Waals surface area contributed by atoms with Crippen molar-refractivity contribution in [3.63, 3.8) is 0 Å². The zero-order valence-corrected chi connectivity index (χ0v) is 15.9. The summed E-state index contributed by atoms with van der Waals surface area (Å²) in [5, 5.41) is 0. The second-order valence-electron chi connectivity index (χ2n) is 3.67. The summed E-state index contributed by atoms with van der Waals surface area (Å²) < 4.78 is 32.0. The first-order chi connectivity index (χ1) is 9.00. The van der Waals surface area contributed by atoms with Crippen LogP contribution in [0.25, 0.3) is 0 Å². The first-order valence-electron chi connectivity index (χ1n) is 6.46. The molecule has 20 heavy (non-hydrogen) atoms. The van der Waals surface area contributed by atoms with Crippen molar-refractivity contribution >= 4 is 0 Å². The minimum atomic E-state index is 0. The maximum atomic E-state index is 5.33. The zero-order chi connectivity index (χ0) is 12.7. The first kappa shape index (κ1) is 23.1. The van der Waals surface area contributed by atoms with Crippen LogP contribution in [0.3, 0.4) is 0 Å². The molecule has 1 fully saturated rings. The van der Waals surface area contributed by atoms with Crippen LogP contribution in [-0.4, -0.2) is 79.3 Å². The van der Waals surface area contributed by atoms with Crippen molar-refractivity contribution in [1.82, 2.24) is 0 Å². The topological polar surface area (TPSA) is 55.4 Å². The molecule has 0 aromatic carbocycles. The second kappa shape index (κ2) is 19.8. The van der Waals surface area contributed by atoms with Gasteiger partial charge >= 0.3 is 22.4 Å². The summed E-state index contributed by atoms with van der Waals surface area (Å²) in [5.74, 6) is 0. The molecule has 116 valence electrons. The average Bonchev–Trinajstić information content (AvgIpc) is 2.39. The van der Waals surface area contributed by atoms with Gasteiger partial charge in [-0.05, 0) is 0 Å². The van der Waals surface area contributed by atoms with Crippen LogP contribution >= 0.6 is 0 Å². The molecule has 1 rings (SSSR count). The molecular formula is C12H26ClO6Ta+6. The Morgan fingerprint density at radius 3 is 0.500 bits per heavy atom. The predicted octanol–water partition coefficient (Wildman–Crippen LogP) is -0.438. The molecule has 0 amide bonds. The summed E-state index contributed by atoms with van der Waals surface area (Å²) >= 11 is 0. The Bertz CT molecular complexity index is 103. The number of hydrogen-bond acceptors (Lipinski definition) is 6. The van der Waals surface area contributed by atoms with E-state index in [4.69, 9.17) is 28.4 Å². The van der Waals surface area contributed by atoms with Gasteiger partial charge in [0.25, 0.3) is 0 Å². The summed E-state index contributed by atoms with van der Waals surface area (Å²) in [6.07, 6.45) is 0. The van der Waals surface area contributed by atoms with Gasteiger partial charge in [0, 0.05) is 0 Å². The molecule has 0 spiro atoms. The van der Waals surface area contributed by atoms with Gasteiger partial charge in [0.1, 0.15) is 0 Å². The van der Waals surface area contributed by atoms with Crippen molar-refractivity contribution in [2.75, 3.05) is 79.3 Å². The normalized spacial score (nSPS) is 21.6. The van der Waals surface area contributed by atoms with Crippen LogP contribution in [0.1, 0.15) is 0 Å². The third-order valence-electron chi connectivity index (χ3n) is 2.23. The summed E-state index contributed by atoms with van der Waals surface area (Å²) in [6, 6.07) is 0. The third kappa shape index (κ3) is 16.8. The van der Waals surface area contributed by atoms with E-state index in [0.29, 0.717) is 79.3 Å². The van der Waals surface area contributed by atoms with Crippen LogP contribution in [-0.2, 0) is 50.8 Å². The number of halogens is 1. The smallest absolute Gasteiger partial charge is 0.377 e. The molecule has 0 aromatic rings. The Morgan fingerprint density at radius 1 is 0.300 bits per heavy atom. The van der Waals surface area contributed by atoms with E-state index in [-0.39, 0.29) is 34.8 Å².